The molecular formula is C15H20Cl2FN5O4S. The second-order valence-corrected chi connectivity index (χ2v) is 9.10. The van der Waals surface area contributed by atoms with Crippen LogP contribution in [0.2, 0.25) is 0 Å². The number of aliphatic hydroxyl groups excluding tert-OH is 1. The van der Waals surface area contributed by atoms with E-state index < -0.39 is 39.6 Å². The monoisotopic (exact) mass is 455 g/mol. The summed E-state index contributed by atoms with van der Waals surface area (Å²) in [6, 6.07) is 4.89. The van der Waals surface area contributed by atoms with Crippen molar-refractivity contribution in [3.63, 3.8) is 0 Å². The Morgan fingerprint density at radius 1 is 1.39 bits per heavy atom. The molecule has 156 valence electrons. The number of anilines is 1. The number of carbonyl (C=O) groups is 1. The van der Waals surface area contributed by atoms with Crippen LogP contribution in [0.1, 0.15) is 11.7 Å². The van der Waals surface area contributed by atoms with Crippen LogP contribution in [0.4, 0.5) is 10.1 Å². The lowest BCUT2D eigenvalue weighted by molar-refractivity contribution is -0.121. The average Bonchev–Trinajstić information content (AvgIpc) is 3.12. The maximum Gasteiger partial charge on any atom is 0.253 e. The first-order valence-electron chi connectivity index (χ1n) is 8.16. The standard InChI is InChI=1S/C15H20Cl2FN5O4S/c1-28(26,27)19-7-10-8-23(22-21-10)11-4-2-9(3-5-11)13(24)12(6-18)20-15(25)14(16)17/h2-5,10,12-14,19,24H,6-8H2,1H3,(H,20,25). The minimum atomic E-state index is -3.31. The summed E-state index contributed by atoms with van der Waals surface area (Å²) >= 11 is 10.8. The summed E-state index contributed by atoms with van der Waals surface area (Å²) in [4.78, 5) is 10.1. The van der Waals surface area contributed by atoms with Crippen LogP contribution >= 0.6 is 23.2 Å². The Bertz CT molecular complexity index is 809. The number of sulfonamides is 1. The highest BCUT2D eigenvalue weighted by Crippen LogP contribution is 2.24. The second kappa shape index (κ2) is 9.79. The van der Waals surface area contributed by atoms with E-state index in [0.29, 0.717) is 17.8 Å². The molecule has 1 aliphatic heterocycles. The number of carbonyl (C=O) groups excluding carboxylic acids is 1. The Morgan fingerprint density at radius 3 is 2.57 bits per heavy atom. The smallest absolute Gasteiger partial charge is 0.253 e. The minimum Gasteiger partial charge on any atom is -0.386 e. The molecule has 0 radical (unpaired) electrons. The van der Waals surface area contributed by atoms with Crippen molar-refractivity contribution in [2.45, 2.75) is 23.0 Å². The number of benzene rings is 1. The Kier molecular flexibility index (Phi) is 7.96. The van der Waals surface area contributed by atoms with Crippen LogP contribution in [0.5, 0.6) is 0 Å². The molecule has 9 nitrogen and oxygen atoms in total. The maximum absolute atomic E-state index is 13.2. The van der Waals surface area contributed by atoms with Gasteiger partial charge in [0.15, 0.2) is 4.84 Å². The van der Waals surface area contributed by atoms with Crippen LogP contribution in [0, 0.1) is 0 Å². The van der Waals surface area contributed by atoms with E-state index in [1.165, 1.54) is 0 Å². The van der Waals surface area contributed by atoms with Gasteiger partial charge in [-0.25, -0.2) is 22.5 Å². The van der Waals surface area contributed by atoms with Gasteiger partial charge < -0.3 is 10.4 Å². The number of halogens is 3. The Hall–Kier alpha value is -1.53. The quantitative estimate of drug-likeness (QED) is 0.480. The number of hydrogen-bond donors (Lipinski definition) is 3. The summed E-state index contributed by atoms with van der Waals surface area (Å²) in [5, 5.41) is 22.1. The fraction of sp³-hybridized carbons (Fsp3) is 0.533. The minimum absolute atomic E-state index is 0.135. The molecule has 13 heteroatoms. The molecule has 1 amide bonds. The highest BCUT2D eigenvalue weighted by molar-refractivity contribution is 7.88. The predicted octanol–water partition coefficient (Wildman–Crippen LogP) is 1.08. The molecule has 0 saturated heterocycles. The molecule has 0 fully saturated rings. The summed E-state index contributed by atoms with van der Waals surface area (Å²) in [7, 11) is -3.31. The molecule has 0 aliphatic carbocycles. The lowest BCUT2D eigenvalue weighted by Crippen LogP contribution is -2.43. The largest absolute Gasteiger partial charge is 0.386 e. The molecule has 1 aromatic carbocycles. The van der Waals surface area contributed by atoms with Crippen molar-refractivity contribution in [3.8, 4) is 0 Å². The zero-order valence-corrected chi connectivity index (χ0v) is 17.1. The number of nitrogens with zero attached hydrogens (tertiary/aromatic N) is 3. The van der Waals surface area contributed by atoms with E-state index in [-0.39, 0.29) is 12.6 Å². The van der Waals surface area contributed by atoms with E-state index in [1.807, 2.05) is 0 Å². The van der Waals surface area contributed by atoms with Crippen molar-refractivity contribution >= 4 is 44.8 Å². The Balaban J connectivity index is 1.97. The number of nitrogens with one attached hydrogen (secondary N) is 2. The van der Waals surface area contributed by atoms with Gasteiger partial charge in [0.05, 0.1) is 24.5 Å². The van der Waals surface area contributed by atoms with Crippen molar-refractivity contribution in [2.24, 2.45) is 10.3 Å². The van der Waals surface area contributed by atoms with Gasteiger partial charge in [0.25, 0.3) is 5.91 Å². The Morgan fingerprint density at radius 2 is 2.04 bits per heavy atom. The van der Waals surface area contributed by atoms with Gasteiger partial charge in [-0.15, -0.1) is 0 Å². The molecule has 0 bridgehead atoms. The third kappa shape index (κ3) is 6.52. The summed E-state index contributed by atoms with van der Waals surface area (Å²) in [6.45, 7) is -0.499. The molecule has 2 rings (SSSR count). The van der Waals surface area contributed by atoms with Gasteiger partial charge in [0.1, 0.15) is 18.8 Å². The summed E-state index contributed by atoms with van der Waals surface area (Å²) in [5.74, 6) is -0.798. The highest BCUT2D eigenvalue weighted by Gasteiger charge is 2.26. The van der Waals surface area contributed by atoms with Gasteiger partial charge in [-0.2, -0.15) is 5.11 Å². The second-order valence-electron chi connectivity index (χ2n) is 6.17. The van der Waals surface area contributed by atoms with Crippen LogP contribution in [0.15, 0.2) is 34.6 Å². The van der Waals surface area contributed by atoms with Gasteiger partial charge in [-0.05, 0) is 17.7 Å². The van der Waals surface area contributed by atoms with Crippen LogP contribution in [0.3, 0.4) is 0 Å². The van der Waals surface area contributed by atoms with Gasteiger partial charge in [-0.1, -0.05) is 40.6 Å². The number of alkyl halides is 3. The van der Waals surface area contributed by atoms with Crippen molar-refractivity contribution < 1.29 is 22.7 Å². The molecule has 3 atom stereocenters. The normalized spacial score (nSPS) is 19.1. The van der Waals surface area contributed by atoms with E-state index in [2.05, 4.69) is 20.4 Å². The summed E-state index contributed by atoms with van der Waals surface area (Å²) in [5.41, 5.74) is 1.03. The van der Waals surface area contributed by atoms with Crippen molar-refractivity contribution in [1.82, 2.24) is 10.0 Å². The van der Waals surface area contributed by atoms with Crippen LogP contribution in [0.25, 0.3) is 0 Å². The first-order chi connectivity index (χ1) is 13.1. The van der Waals surface area contributed by atoms with Gasteiger partial charge >= 0.3 is 0 Å². The highest BCUT2D eigenvalue weighted by atomic mass is 35.5. The summed E-state index contributed by atoms with van der Waals surface area (Å²) in [6.07, 6.45) is -0.240. The van der Waals surface area contributed by atoms with Crippen molar-refractivity contribution in [2.75, 3.05) is 31.0 Å². The number of rotatable bonds is 9. The zero-order chi connectivity index (χ0) is 20.9. The van der Waals surface area contributed by atoms with Crippen LogP contribution in [-0.2, 0) is 14.8 Å². The van der Waals surface area contributed by atoms with E-state index >= 15 is 0 Å². The lowest BCUT2D eigenvalue weighted by Gasteiger charge is -2.22. The third-order valence-electron chi connectivity index (χ3n) is 3.89. The lowest BCUT2D eigenvalue weighted by atomic mass is 10.0. The zero-order valence-electron chi connectivity index (χ0n) is 14.8. The predicted molar refractivity (Wildman–Crippen MR) is 104 cm³/mol. The van der Waals surface area contributed by atoms with Crippen LogP contribution in [-0.4, -0.2) is 62.4 Å². The fourth-order valence-corrected chi connectivity index (χ4v) is 3.06. The first kappa shape index (κ1) is 22.8. The molecule has 0 spiro atoms. The van der Waals surface area contributed by atoms with E-state index in [9.17, 15) is 22.7 Å². The van der Waals surface area contributed by atoms with E-state index in [1.54, 1.807) is 29.3 Å². The first-order valence-corrected chi connectivity index (χ1v) is 10.9. The topological polar surface area (TPSA) is 123 Å². The van der Waals surface area contributed by atoms with Gasteiger partial charge in [-0.3, -0.25) is 4.79 Å². The number of hydrogen-bond acceptors (Lipinski definition) is 7. The number of amides is 1. The fourth-order valence-electron chi connectivity index (χ4n) is 2.44. The van der Waals surface area contributed by atoms with Crippen LogP contribution < -0.4 is 15.0 Å². The van der Waals surface area contributed by atoms with Gasteiger partial charge in [0, 0.05) is 6.54 Å². The molecule has 3 N–H and O–H groups in total. The SMILES string of the molecule is CS(=O)(=O)NCC1CN(c2ccc(C(O)C(CF)NC(=O)C(Cl)Cl)cc2)N=N1. The molecule has 3 unspecified atom stereocenters. The van der Waals surface area contributed by atoms with Crippen molar-refractivity contribution in [1.29, 1.82) is 0 Å². The third-order valence-corrected chi connectivity index (χ3v) is 4.98. The molecular weight excluding hydrogens is 436 g/mol. The maximum atomic E-state index is 13.2. The van der Waals surface area contributed by atoms with Gasteiger partial charge in [0.2, 0.25) is 10.0 Å². The Labute approximate surface area is 171 Å². The van der Waals surface area contributed by atoms with E-state index in [0.717, 1.165) is 6.26 Å². The molecule has 1 heterocycles. The molecule has 0 saturated carbocycles. The molecule has 1 aromatic rings. The number of aliphatic hydroxyl groups is 1. The average molecular weight is 456 g/mol. The van der Waals surface area contributed by atoms with E-state index in [4.69, 9.17) is 23.2 Å². The summed E-state index contributed by atoms with van der Waals surface area (Å²) < 4.78 is 37.8. The van der Waals surface area contributed by atoms with Crippen molar-refractivity contribution in [3.05, 3.63) is 29.8 Å². The molecule has 28 heavy (non-hydrogen) atoms. The molecule has 0 aromatic heterocycles. The molecule has 1 aliphatic rings.